The fourth-order valence-corrected chi connectivity index (χ4v) is 4.35. The molecule has 27 heavy (non-hydrogen) atoms. The van der Waals surface area contributed by atoms with E-state index in [1.54, 1.807) is 0 Å². The van der Waals surface area contributed by atoms with Gasteiger partial charge in [-0.1, -0.05) is 26.2 Å². The van der Waals surface area contributed by atoms with Gasteiger partial charge in [-0.15, -0.1) is 24.0 Å². The molecular weight excluding hydrogens is 449 g/mol. The zero-order chi connectivity index (χ0) is 18.6. The van der Waals surface area contributed by atoms with E-state index in [0.29, 0.717) is 6.04 Å². The molecule has 6 heteroatoms. The van der Waals surface area contributed by atoms with Crippen LogP contribution in [-0.2, 0) is 0 Å². The van der Waals surface area contributed by atoms with Gasteiger partial charge in [0.1, 0.15) is 0 Å². The average molecular weight is 494 g/mol. The molecule has 5 nitrogen and oxygen atoms in total. The van der Waals surface area contributed by atoms with Crippen LogP contribution in [0.3, 0.4) is 0 Å². The van der Waals surface area contributed by atoms with Gasteiger partial charge in [-0.25, -0.2) is 0 Å². The minimum atomic E-state index is 0. The SMILES string of the molecule is CCCN1CCC(NC(=NCCCN(C)C2CCCCC2)NCC)CC1.I. The third-order valence-electron chi connectivity index (χ3n) is 5.95. The highest BCUT2D eigenvalue weighted by Crippen LogP contribution is 2.21. The summed E-state index contributed by atoms with van der Waals surface area (Å²) in [6.07, 6.45) is 11.9. The Bertz CT molecular complexity index is 390. The second-order valence-corrected chi connectivity index (χ2v) is 8.15. The van der Waals surface area contributed by atoms with E-state index in [9.17, 15) is 0 Å². The van der Waals surface area contributed by atoms with Gasteiger partial charge < -0.3 is 20.4 Å². The normalized spacial score (nSPS) is 20.5. The van der Waals surface area contributed by atoms with Gasteiger partial charge in [0.25, 0.3) is 0 Å². The topological polar surface area (TPSA) is 42.9 Å². The Hall–Kier alpha value is -0.0800. The summed E-state index contributed by atoms with van der Waals surface area (Å²) in [5.74, 6) is 1.02. The molecule has 2 aliphatic rings. The highest BCUT2D eigenvalue weighted by atomic mass is 127. The highest BCUT2D eigenvalue weighted by molar-refractivity contribution is 14.0. The van der Waals surface area contributed by atoms with Crippen molar-refractivity contribution < 1.29 is 0 Å². The number of rotatable bonds is 9. The molecule has 2 fully saturated rings. The average Bonchev–Trinajstić information content (AvgIpc) is 2.67. The molecule has 0 spiro atoms. The Labute approximate surface area is 185 Å². The summed E-state index contributed by atoms with van der Waals surface area (Å²) in [6, 6.07) is 1.39. The van der Waals surface area contributed by atoms with Crippen molar-refractivity contribution in [3.8, 4) is 0 Å². The summed E-state index contributed by atoms with van der Waals surface area (Å²) in [6.45, 7) is 11.1. The lowest BCUT2D eigenvalue weighted by Gasteiger charge is -2.33. The van der Waals surface area contributed by atoms with Crippen LogP contribution < -0.4 is 10.6 Å². The third-order valence-corrected chi connectivity index (χ3v) is 5.95. The second-order valence-electron chi connectivity index (χ2n) is 8.15. The molecule has 0 aromatic carbocycles. The molecule has 1 saturated heterocycles. The molecule has 1 aliphatic carbocycles. The Morgan fingerprint density at radius 3 is 2.41 bits per heavy atom. The number of nitrogens with zero attached hydrogens (tertiary/aromatic N) is 3. The maximum Gasteiger partial charge on any atom is 0.191 e. The summed E-state index contributed by atoms with van der Waals surface area (Å²) >= 11 is 0. The van der Waals surface area contributed by atoms with Gasteiger partial charge in [-0.05, 0) is 65.6 Å². The lowest BCUT2D eigenvalue weighted by molar-refractivity contribution is 0.191. The molecule has 2 N–H and O–H groups in total. The summed E-state index contributed by atoms with van der Waals surface area (Å²) in [7, 11) is 2.30. The molecule has 0 bridgehead atoms. The Kier molecular flexibility index (Phi) is 13.7. The van der Waals surface area contributed by atoms with Crippen molar-refractivity contribution in [3.05, 3.63) is 0 Å². The zero-order valence-electron chi connectivity index (χ0n) is 18.0. The largest absolute Gasteiger partial charge is 0.357 e. The van der Waals surface area contributed by atoms with Crippen LogP contribution in [0.4, 0.5) is 0 Å². The molecule has 0 amide bonds. The molecule has 1 aliphatic heterocycles. The van der Waals surface area contributed by atoms with E-state index in [-0.39, 0.29) is 24.0 Å². The fraction of sp³-hybridized carbons (Fsp3) is 0.952. The number of hydrogen-bond donors (Lipinski definition) is 2. The van der Waals surface area contributed by atoms with Crippen molar-refractivity contribution in [2.45, 2.75) is 83.7 Å². The van der Waals surface area contributed by atoms with Crippen molar-refractivity contribution in [1.82, 2.24) is 20.4 Å². The summed E-state index contributed by atoms with van der Waals surface area (Å²) in [5.41, 5.74) is 0. The highest BCUT2D eigenvalue weighted by Gasteiger charge is 2.19. The van der Waals surface area contributed by atoms with E-state index in [2.05, 4.69) is 41.3 Å². The predicted molar refractivity (Wildman–Crippen MR) is 128 cm³/mol. The minimum absolute atomic E-state index is 0. The number of nitrogens with one attached hydrogen (secondary N) is 2. The quantitative estimate of drug-likeness (QED) is 0.223. The van der Waals surface area contributed by atoms with Crippen LogP contribution in [0, 0.1) is 0 Å². The number of piperidine rings is 1. The van der Waals surface area contributed by atoms with Crippen molar-refractivity contribution in [3.63, 3.8) is 0 Å². The molecule has 0 radical (unpaired) electrons. The smallest absolute Gasteiger partial charge is 0.191 e. The second kappa shape index (κ2) is 14.9. The number of halogens is 1. The number of hydrogen-bond acceptors (Lipinski definition) is 3. The molecule has 0 aromatic heterocycles. The first-order valence-corrected chi connectivity index (χ1v) is 11.2. The maximum atomic E-state index is 4.83. The Morgan fingerprint density at radius 2 is 1.78 bits per heavy atom. The molecule has 160 valence electrons. The maximum absolute atomic E-state index is 4.83. The van der Waals surface area contributed by atoms with E-state index in [0.717, 1.165) is 31.5 Å². The standard InChI is InChI=1S/C21H43N5.HI/c1-4-15-26-17-12-19(13-18-26)24-21(22-5-2)23-14-9-16-25(3)20-10-7-6-8-11-20;/h19-20H,4-18H2,1-3H3,(H2,22,23,24);1H. The summed E-state index contributed by atoms with van der Waals surface area (Å²) in [4.78, 5) is 9.99. The van der Waals surface area contributed by atoms with E-state index >= 15 is 0 Å². The van der Waals surface area contributed by atoms with Crippen LogP contribution >= 0.6 is 24.0 Å². The van der Waals surface area contributed by atoms with Crippen molar-refractivity contribution in [2.75, 3.05) is 46.3 Å². The van der Waals surface area contributed by atoms with Crippen LogP contribution in [0.5, 0.6) is 0 Å². The monoisotopic (exact) mass is 493 g/mol. The Morgan fingerprint density at radius 1 is 1.07 bits per heavy atom. The van der Waals surface area contributed by atoms with E-state index in [1.165, 1.54) is 77.5 Å². The van der Waals surface area contributed by atoms with Crippen molar-refractivity contribution in [1.29, 1.82) is 0 Å². The molecule has 0 aromatic rings. The van der Waals surface area contributed by atoms with E-state index in [4.69, 9.17) is 4.99 Å². The van der Waals surface area contributed by atoms with E-state index < -0.39 is 0 Å². The minimum Gasteiger partial charge on any atom is -0.357 e. The Balaban J connectivity index is 0.00000364. The van der Waals surface area contributed by atoms with Gasteiger partial charge in [0.15, 0.2) is 5.96 Å². The van der Waals surface area contributed by atoms with Crippen LogP contribution in [0.25, 0.3) is 0 Å². The number of likely N-dealkylation sites (tertiary alicyclic amines) is 1. The van der Waals surface area contributed by atoms with Gasteiger partial charge >= 0.3 is 0 Å². The van der Waals surface area contributed by atoms with Crippen LogP contribution in [-0.4, -0.2) is 74.2 Å². The predicted octanol–water partition coefficient (Wildman–Crippen LogP) is 3.69. The summed E-state index contributed by atoms with van der Waals surface area (Å²) < 4.78 is 0. The lowest BCUT2D eigenvalue weighted by atomic mass is 9.94. The zero-order valence-corrected chi connectivity index (χ0v) is 20.3. The number of aliphatic imine (C=N–C) groups is 1. The van der Waals surface area contributed by atoms with Gasteiger partial charge in [-0.2, -0.15) is 0 Å². The van der Waals surface area contributed by atoms with Gasteiger partial charge in [-0.3, -0.25) is 4.99 Å². The van der Waals surface area contributed by atoms with E-state index in [1.807, 2.05) is 0 Å². The molecular formula is C21H44IN5. The van der Waals surface area contributed by atoms with Crippen LogP contribution in [0.15, 0.2) is 4.99 Å². The van der Waals surface area contributed by atoms with Crippen molar-refractivity contribution >= 4 is 29.9 Å². The van der Waals surface area contributed by atoms with Gasteiger partial charge in [0, 0.05) is 38.3 Å². The third kappa shape index (κ3) is 9.79. The van der Waals surface area contributed by atoms with Gasteiger partial charge in [0.2, 0.25) is 0 Å². The van der Waals surface area contributed by atoms with Crippen molar-refractivity contribution in [2.24, 2.45) is 4.99 Å². The first-order chi connectivity index (χ1) is 12.7. The van der Waals surface area contributed by atoms with Gasteiger partial charge in [0.05, 0.1) is 0 Å². The first-order valence-electron chi connectivity index (χ1n) is 11.2. The lowest BCUT2D eigenvalue weighted by Crippen LogP contribution is -2.48. The van der Waals surface area contributed by atoms with Crippen LogP contribution in [0.1, 0.15) is 71.6 Å². The molecule has 1 heterocycles. The number of guanidine groups is 1. The first kappa shape index (κ1) is 25.0. The molecule has 0 atom stereocenters. The fourth-order valence-electron chi connectivity index (χ4n) is 4.35. The molecule has 0 unspecified atom stereocenters. The summed E-state index contributed by atoms with van der Waals surface area (Å²) in [5, 5.41) is 7.10. The van der Waals surface area contributed by atoms with Crippen LogP contribution in [0.2, 0.25) is 0 Å². The molecule has 1 saturated carbocycles. The molecule has 2 rings (SSSR count).